The lowest BCUT2D eigenvalue weighted by atomic mass is 9.68. The molecule has 1 fully saturated rings. The number of rotatable bonds is 2. The minimum absolute atomic E-state index is 0.611. The molecule has 0 atom stereocenters. The molecule has 0 saturated heterocycles. The lowest BCUT2D eigenvalue weighted by Crippen LogP contribution is -2.40. The largest absolute Gasteiger partial charge is 0.496 e. The third-order valence-electron chi connectivity index (χ3n) is 3.23. The molecule has 0 radical (unpaired) electrons. The molecule has 1 aromatic rings. The molecule has 2 rings (SSSR count). The van der Waals surface area contributed by atoms with Gasteiger partial charge in [0.2, 0.25) is 0 Å². The van der Waals surface area contributed by atoms with Gasteiger partial charge in [0.1, 0.15) is 5.75 Å². The third-order valence-corrected chi connectivity index (χ3v) is 3.23. The molecule has 0 aromatic heterocycles. The number of aliphatic hydroxyl groups is 1. The highest BCUT2D eigenvalue weighted by molar-refractivity contribution is 5.42. The van der Waals surface area contributed by atoms with Crippen LogP contribution < -0.4 is 4.74 Å². The maximum Gasteiger partial charge on any atom is 0.124 e. The van der Waals surface area contributed by atoms with E-state index in [0.717, 1.165) is 24.2 Å². The molecule has 2 nitrogen and oxygen atoms in total. The Hall–Kier alpha value is -1.02. The van der Waals surface area contributed by atoms with Crippen LogP contribution >= 0.6 is 0 Å². The van der Waals surface area contributed by atoms with E-state index in [0.29, 0.717) is 5.92 Å². The predicted molar refractivity (Wildman–Crippen MR) is 60.0 cm³/mol. The zero-order chi connectivity index (χ0) is 11.1. The second-order valence-electron chi connectivity index (χ2n) is 4.75. The Balaban J connectivity index is 2.38. The van der Waals surface area contributed by atoms with E-state index in [-0.39, 0.29) is 0 Å². The molecule has 0 amide bonds. The minimum Gasteiger partial charge on any atom is -0.496 e. The first-order valence-electron chi connectivity index (χ1n) is 5.42. The van der Waals surface area contributed by atoms with E-state index >= 15 is 0 Å². The summed E-state index contributed by atoms with van der Waals surface area (Å²) in [6, 6.07) is 5.98. The average molecular weight is 206 g/mol. The molecular formula is C13H18O2. The van der Waals surface area contributed by atoms with Crippen molar-refractivity contribution in [1.82, 2.24) is 0 Å². The van der Waals surface area contributed by atoms with Gasteiger partial charge in [0.15, 0.2) is 0 Å². The quantitative estimate of drug-likeness (QED) is 0.806. The topological polar surface area (TPSA) is 29.5 Å². The molecule has 0 aliphatic heterocycles. The predicted octanol–water partition coefficient (Wildman–Crippen LogP) is 2.62. The first-order chi connectivity index (χ1) is 7.05. The van der Waals surface area contributed by atoms with Gasteiger partial charge in [-0.05, 0) is 37.8 Å². The van der Waals surface area contributed by atoms with E-state index in [9.17, 15) is 5.11 Å². The van der Waals surface area contributed by atoms with Gasteiger partial charge in [0, 0.05) is 5.56 Å². The van der Waals surface area contributed by atoms with Gasteiger partial charge in [-0.2, -0.15) is 0 Å². The Bertz CT molecular complexity index is 365. The third kappa shape index (κ3) is 1.74. The molecule has 1 aliphatic carbocycles. The molecule has 15 heavy (non-hydrogen) atoms. The van der Waals surface area contributed by atoms with Crippen molar-refractivity contribution in [3.63, 3.8) is 0 Å². The summed E-state index contributed by atoms with van der Waals surface area (Å²) < 4.78 is 5.30. The van der Waals surface area contributed by atoms with Crippen LogP contribution in [0.25, 0.3) is 0 Å². The van der Waals surface area contributed by atoms with Crippen molar-refractivity contribution < 1.29 is 9.84 Å². The summed E-state index contributed by atoms with van der Waals surface area (Å²) in [5.41, 5.74) is 1.46. The van der Waals surface area contributed by atoms with Gasteiger partial charge in [0.05, 0.1) is 12.7 Å². The molecule has 0 spiro atoms. The van der Waals surface area contributed by atoms with Crippen molar-refractivity contribution in [2.75, 3.05) is 7.11 Å². The van der Waals surface area contributed by atoms with E-state index < -0.39 is 5.60 Å². The smallest absolute Gasteiger partial charge is 0.124 e. The maximum absolute atomic E-state index is 10.4. The van der Waals surface area contributed by atoms with Gasteiger partial charge in [-0.3, -0.25) is 0 Å². The fourth-order valence-corrected chi connectivity index (χ4v) is 2.50. The highest BCUT2D eigenvalue weighted by Crippen LogP contribution is 2.48. The Morgan fingerprint density at radius 2 is 2.07 bits per heavy atom. The lowest BCUT2D eigenvalue weighted by Gasteiger charge is -2.43. The summed E-state index contributed by atoms with van der Waals surface area (Å²) in [6.07, 6.45) is 1.68. The van der Waals surface area contributed by atoms with Crippen molar-refractivity contribution >= 4 is 0 Å². The molecule has 1 N–H and O–H groups in total. The highest BCUT2D eigenvalue weighted by Gasteiger charge is 2.43. The first-order valence-corrected chi connectivity index (χ1v) is 5.42. The standard InChI is InChI=1S/C13H18O2/c1-9-4-5-12(15-3)11(6-9)13(14)7-10(2)8-13/h4-6,10,14H,7-8H2,1-3H3. The van der Waals surface area contributed by atoms with Crippen LogP contribution in [0.1, 0.15) is 30.9 Å². The molecular weight excluding hydrogens is 188 g/mol. The van der Waals surface area contributed by atoms with Gasteiger partial charge in [-0.15, -0.1) is 0 Å². The molecule has 2 heteroatoms. The van der Waals surface area contributed by atoms with Gasteiger partial charge >= 0.3 is 0 Å². The van der Waals surface area contributed by atoms with Gasteiger partial charge in [-0.1, -0.05) is 18.6 Å². The van der Waals surface area contributed by atoms with Crippen molar-refractivity contribution in [3.05, 3.63) is 29.3 Å². The SMILES string of the molecule is COc1ccc(C)cc1C1(O)CC(C)C1. The summed E-state index contributed by atoms with van der Waals surface area (Å²) in [5, 5.41) is 10.4. The number of aryl methyl sites for hydroxylation is 1. The van der Waals surface area contributed by atoms with Gasteiger partial charge in [0.25, 0.3) is 0 Å². The van der Waals surface area contributed by atoms with Crippen LogP contribution in [0, 0.1) is 12.8 Å². The van der Waals surface area contributed by atoms with Crippen LogP contribution in [0.4, 0.5) is 0 Å². The average Bonchev–Trinajstić information content (AvgIpc) is 2.15. The summed E-state index contributed by atoms with van der Waals surface area (Å²) in [7, 11) is 1.65. The number of benzene rings is 1. The normalized spacial score (nSPS) is 29.7. The molecule has 0 unspecified atom stereocenters. The van der Waals surface area contributed by atoms with Crippen LogP contribution in [0.3, 0.4) is 0 Å². The fraction of sp³-hybridized carbons (Fsp3) is 0.538. The first kappa shape index (κ1) is 10.5. The Kier molecular flexibility index (Phi) is 2.47. The number of hydrogen-bond donors (Lipinski definition) is 1. The monoisotopic (exact) mass is 206 g/mol. The van der Waals surface area contributed by atoms with Crippen molar-refractivity contribution in [1.29, 1.82) is 0 Å². The van der Waals surface area contributed by atoms with E-state index in [1.165, 1.54) is 5.56 Å². The lowest BCUT2D eigenvalue weighted by molar-refractivity contribution is -0.0752. The second-order valence-corrected chi connectivity index (χ2v) is 4.75. The van der Waals surface area contributed by atoms with E-state index in [1.54, 1.807) is 7.11 Å². The summed E-state index contributed by atoms with van der Waals surface area (Å²) in [4.78, 5) is 0. The Labute approximate surface area is 90.9 Å². The van der Waals surface area contributed by atoms with Gasteiger partial charge < -0.3 is 9.84 Å². The summed E-state index contributed by atoms with van der Waals surface area (Å²) in [6.45, 7) is 4.20. The van der Waals surface area contributed by atoms with Crippen molar-refractivity contribution in [2.45, 2.75) is 32.3 Å². The van der Waals surface area contributed by atoms with Crippen molar-refractivity contribution in [2.24, 2.45) is 5.92 Å². The van der Waals surface area contributed by atoms with Crippen LogP contribution in [-0.4, -0.2) is 12.2 Å². The zero-order valence-electron chi connectivity index (χ0n) is 9.58. The van der Waals surface area contributed by atoms with Crippen LogP contribution in [0.15, 0.2) is 18.2 Å². The Morgan fingerprint density at radius 1 is 1.40 bits per heavy atom. The Morgan fingerprint density at radius 3 is 2.60 bits per heavy atom. The number of methoxy groups -OCH3 is 1. The van der Waals surface area contributed by atoms with Crippen molar-refractivity contribution in [3.8, 4) is 5.75 Å². The molecule has 1 saturated carbocycles. The molecule has 0 bridgehead atoms. The van der Waals surface area contributed by atoms with E-state index in [4.69, 9.17) is 4.74 Å². The summed E-state index contributed by atoms with van der Waals surface area (Å²) in [5.74, 6) is 1.41. The second kappa shape index (κ2) is 3.53. The van der Waals surface area contributed by atoms with Crippen LogP contribution in [0.5, 0.6) is 5.75 Å². The van der Waals surface area contributed by atoms with E-state index in [1.807, 2.05) is 25.1 Å². The highest BCUT2D eigenvalue weighted by atomic mass is 16.5. The zero-order valence-corrected chi connectivity index (χ0v) is 9.58. The molecule has 0 heterocycles. The molecule has 1 aliphatic rings. The number of ether oxygens (including phenoxy) is 1. The van der Waals surface area contributed by atoms with E-state index in [2.05, 4.69) is 6.92 Å². The molecule has 82 valence electrons. The number of hydrogen-bond acceptors (Lipinski definition) is 2. The fourth-order valence-electron chi connectivity index (χ4n) is 2.50. The van der Waals surface area contributed by atoms with Gasteiger partial charge in [-0.25, -0.2) is 0 Å². The molecule has 1 aromatic carbocycles. The van der Waals surface area contributed by atoms with Crippen LogP contribution in [0.2, 0.25) is 0 Å². The summed E-state index contributed by atoms with van der Waals surface area (Å²) >= 11 is 0. The van der Waals surface area contributed by atoms with Crippen LogP contribution in [-0.2, 0) is 5.60 Å². The maximum atomic E-state index is 10.4. The minimum atomic E-state index is -0.656.